The van der Waals surface area contributed by atoms with Gasteiger partial charge in [0.25, 0.3) is 0 Å². The lowest BCUT2D eigenvalue weighted by atomic mass is 9.44. The quantitative estimate of drug-likeness (QED) is 0.525. The molecule has 30 heavy (non-hydrogen) atoms. The number of fused-ring (bicyclic) bond motifs is 5. The molecule has 0 saturated heterocycles. The molecule has 0 radical (unpaired) electrons. The van der Waals surface area contributed by atoms with Gasteiger partial charge < -0.3 is 9.84 Å². The van der Waals surface area contributed by atoms with Crippen LogP contribution in [-0.4, -0.2) is 29.6 Å². The average molecular weight is 419 g/mol. The van der Waals surface area contributed by atoms with E-state index < -0.39 is 5.97 Å². The van der Waals surface area contributed by atoms with Crippen molar-refractivity contribution in [2.45, 2.75) is 104 Å². The lowest BCUT2D eigenvalue weighted by Crippen LogP contribution is -2.55. The zero-order chi connectivity index (χ0) is 21.5. The summed E-state index contributed by atoms with van der Waals surface area (Å²) in [7, 11) is 0. The molecule has 0 unspecified atom stereocenters. The first-order valence-electron chi connectivity index (χ1n) is 12.6. The van der Waals surface area contributed by atoms with Crippen LogP contribution in [0.3, 0.4) is 0 Å². The first kappa shape index (κ1) is 22.3. The summed E-state index contributed by atoms with van der Waals surface area (Å²) in [5, 5.41) is 8.77. The molecule has 4 aliphatic rings. The number of unbranched alkanes of at least 4 members (excludes halogenated alkanes) is 2. The maximum Gasteiger partial charge on any atom is 0.303 e. The van der Waals surface area contributed by atoms with Gasteiger partial charge in [-0.15, -0.1) is 0 Å². The van der Waals surface area contributed by atoms with E-state index in [0.717, 1.165) is 56.5 Å². The number of Topliss-reactive ketones (excluding diaryl/α,β-unsaturated/α-hetero) is 1. The van der Waals surface area contributed by atoms with E-state index in [1.807, 2.05) is 0 Å². The number of carboxylic acid groups (broad SMARTS) is 1. The first-order valence-corrected chi connectivity index (χ1v) is 12.6. The Hall–Kier alpha value is -0.900. The molecule has 0 amide bonds. The third-order valence-corrected chi connectivity index (χ3v) is 10.1. The van der Waals surface area contributed by atoms with Crippen molar-refractivity contribution in [3.8, 4) is 0 Å². The van der Waals surface area contributed by atoms with E-state index in [2.05, 4.69) is 20.8 Å². The van der Waals surface area contributed by atoms with Crippen molar-refractivity contribution in [1.82, 2.24) is 0 Å². The summed E-state index contributed by atoms with van der Waals surface area (Å²) in [6.07, 6.45) is 12.9. The van der Waals surface area contributed by atoms with Gasteiger partial charge in [0.1, 0.15) is 5.78 Å². The van der Waals surface area contributed by atoms with E-state index in [1.165, 1.54) is 38.5 Å². The predicted octanol–water partition coefficient (Wildman–Crippen LogP) is 5.87. The van der Waals surface area contributed by atoms with Gasteiger partial charge in [0.05, 0.1) is 6.10 Å². The van der Waals surface area contributed by atoms with Crippen LogP contribution >= 0.6 is 0 Å². The van der Waals surface area contributed by atoms with Crippen LogP contribution in [0.1, 0.15) is 97.8 Å². The average Bonchev–Trinajstić information content (AvgIpc) is 3.02. The van der Waals surface area contributed by atoms with Gasteiger partial charge in [-0.2, -0.15) is 0 Å². The molecular weight excluding hydrogens is 376 g/mol. The topological polar surface area (TPSA) is 63.6 Å². The van der Waals surface area contributed by atoms with Crippen molar-refractivity contribution < 1.29 is 19.4 Å². The van der Waals surface area contributed by atoms with E-state index in [0.29, 0.717) is 28.6 Å². The molecule has 4 heteroatoms. The number of rotatable bonds is 7. The highest BCUT2D eigenvalue weighted by atomic mass is 16.5. The molecule has 4 saturated carbocycles. The van der Waals surface area contributed by atoms with Crippen molar-refractivity contribution in [2.75, 3.05) is 6.61 Å². The molecule has 0 aromatic carbocycles. The highest BCUT2D eigenvalue weighted by Crippen LogP contribution is 2.66. The zero-order valence-electron chi connectivity index (χ0n) is 19.3. The van der Waals surface area contributed by atoms with Crippen LogP contribution in [-0.2, 0) is 14.3 Å². The van der Waals surface area contributed by atoms with Gasteiger partial charge in [-0.3, -0.25) is 9.59 Å². The summed E-state index contributed by atoms with van der Waals surface area (Å²) in [4.78, 5) is 23.0. The molecule has 1 N–H and O–H groups in total. The highest BCUT2D eigenvalue weighted by Gasteiger charge is 2.61. The molecule has 0 aromatic rings. The first-order chi connectivity index (χ1) is 14.3. The normalized spacial score (nSPS) is 45.5. The molecule has 4 nitrogen and oxygen atoms in total. The van der Waals surface area contributed by atoms with Gasteiger partial charge in [-0.25, -0.2) is 0 Å². The predicted molar refractivity (Wildman–Crippen MR) is 117 cm³/mol. The Balaban J connectivity index is 1.37. The Labute approximate surface area is 182 Å². The summed E-state index contributed by atoms with van der Waals surface area (Å²) in [5.41, 5.74) is 0.669. The molecule has 0 aromatic heterocycles. The number of aliphatic carboxylic acids is 1. The SMILES string of the molecule is C[C@@H]1C[C@@]2(C)[C@@H](CC[C@@H]3[C@@H]2CC[C@]2(C)[C@@H](OCCCCCC(=O)O)CC[C@@H]32)CC1=O. The molecule has 0 heterocycles. The summed E-state index contributed by atoms with van der Waals surface area (Å²) >= 11 is 0. The molecule has 170 valence electrons. The third-order valence-electron chi connectivity index (χ3n) is 10.1. The Morgan fingerprint density at radius 3 is 2.57 bits per heavy atom. The number of carbonyl (C=O) groups is 2. The van der Waals surface area contributed by atoms with Crippen LogP contribution in [0.4, 0.5) is 0 Å². The molecular formula is C26H42O4. The highest BCUT2D eigenvalue weighted by molar-refractivity contribution is 5.82. The van der Waals surface area contributed by atoms with Crippen molar-refractivity contribution in [2.24, 2.45) is 40.4 Å². The van der Waals surface area contributed by atoms with E-state index >= 15 is 0 Å². The Kier molecular flexibility index (Phi) is 6.36. The number of ketones is 1. The van der Waals surface area contributed by atoms with Gasteiger partial charge in [-0.05, 0) is 92.3 Å². The minimum Gasteiger partial charge on any atom is -0.481 e. The fraction of sp³-hybridized carbons (Fsp3) is 0.923. The maximum absolute atomic E-state index is 12.4. The van der Waals surface area contributed by atoms with Crippen molar-refractivity contribution in [3.63, 3.8) is 0 Å². The molecule has 8 atom stereocenters. The van der Waals surface area contributed by atoms with Crippen molar-refractivity contribution >= 4 is 11.8 Å². The van der Waals surface area contributed by atoms with Crippen LogP contribution in [0.2, 0.25) is 0 Å². The van der Waals surface area contributed by atoms with E-state index in [4.69, 9.17) is 9.84 Å². The summed E-state index contributed by atoms with van der Waals surface area (Å²) in [6.45, 7) is 7.97. The minimum absolute atomic E-state index is 0.249. The smallest absolute Gasteiger partial charge is 0.303 e. The zero-order valence-corrected chi connectivity index (χ0v) is 19.3. The summed E-state index contributed by atoms with van der Waals surface area (Å²) < 4.78 is 6.43. The number of carboxylic acids is 1. The molecule has 0 aliphatic heterocycles. The molecule has 4 aliphatic carbocycles. The monoisotopic (exact) mass is 418 g/mol. The summed E-state index contributed by atoms with van der Waals surface area (Å²) in [6, 6.07) is 0. The van der Waals surface area contributed by atoms with Gasteiger partial charge in [0.2, 0.25) is 0 Å². The molecule has 4 rings (SSSR count). The van der Waals surface area contributed by atoms with E-state index in [1.54, 1.807) is 0 Å². The van der Waals surface area contributed by atoms with Crippen molar-refractivity contribution in [1.29, 1.82) is 0 Å². The van der Waals surface area contributed by atoms with Crippen LogP contribution in [0.15, 0.2) is 0 Å². The van der Waals surface area contributed by atoms with E-state index in [-0.39, 0.29) is 12.3 Å². The van der Waals surface area contributed by atoms with Gasteiger partial charge in [0, 0.05) is 25.4 Å². The Bertz CT molecular complexity index is 659. The number of ether oxygens (including phenoxy) is 1. The lowest BCUT2D eigenvalue weighted by Gasteiger charge is -2.60. The second-order valence-corrected chi connectivity index (χ2v) is 11.6. The maximum atomic E-state index is 12.4. The Morgan fingerprint density at radius 2 is 1.80 bits per heavy atom. The second kappa shape index (κ2) is 8.56. The van der Waals surface area contributed by atoms with Crippen LogP contribution in [0.5, 0.6) is 0 Å². The molecule has 4 fully saturated rings. The second-order valence-electron chi connectivity index (χ2n) is 11.6. The fourth-order valence-electron chi connectivity index (χ4n) is 8.41. The number of hydrogen-bond acceptors (Lipinski definition) is 3. The Morgan fingerprint density at radius 1 is 1.03 bits per heavy atom. The van der Waals surface area contributed by atoms with Crippen molar-refractivity contribution in [3.05, 3.63) is 0 Å². The summed E-state index contributed by atoms with van der Waals surface area (Å²) in [5.74, 6) is 3.06. The van der Waals surface area contributed by atoms with Crippen LogP contribution in [0.25, 0.3) is 0 Å². The fourth-order valence-corrected chi connectivity index (χ4v) is 8.41. The third kappa shape index (κ3) is 3.87. The standard InChI is InChI=1S/C26H42O4/c1-17-16-26(3)18(15-22(17)27)8-9-19-20-10-11-23(25(20,2)13-12-21(19)26)30-14-6-4-5-7-24(28)29/h17-21,23H,4-16H2,1-3H3,(H,28,29)/t17-,18+,19+,20+,21+,23+,25+,26+/m1/s1. The molecule has 0 bridgehead atoms. The van der Waals surface area contributed by atoms with Gasteiger partial charge in [-0.1, -0.05) is 27.2 Å². The number of carbonyl (C=O) groups excluding carboxylic acids is 1. The largest absolute Gasteiger partial charge is 0.481 e. The van der Waals surface area contributed by atoms with Crippen LogP contribution < -0.4 is 0 Å². The van der Waals surface area contributed by atoms with Gasteiger partial charge in [0.15, 0.2) is 0 Å². The van der Waals surface area contributed by atoms with Gasteiger partial charge >= 0.3 is 5.97 Å². The number of hydrogen-bond donors (Lipinski definition) is 1. The van der Waals surface area contributed by atoms with Crippen LogP contribution in [0, 0.1) is 40.4 Å². The van der Waals surface area contributed by atoms with E-state index in [9.17, 15) is 9.59 Å². The lowest BCUT2D eigenvalue weighted by molar-refractivity contribution is -0.151. The minimum atomic E-state index is -0.695. The molecule has 0 spiro atoms.